The molecule has 1 aliphatic rings. The van der Waals surface area contributed by atoms with Crippen molar-refractivity contribution in [3.63, 3.8) is 0 Å². The molecular weight excluding hydrogens is 472 g/mol. The molecule has 0 saturated heterocycles. The van der Waals surface area contributed by atoms with Crippen LogP contribution < -0.4 is 10.6 Å². The number of nitrogens with one attached hydrogen (secondary N) is 2. The highest BCUT2D eigenvalue weighted by atomic mass is 16.6. The second-order valence-corrected chi connectivity index (χ2v) is 8.84. The fourth-order valence-electron chi connectivity index (χ4n) is 4.48. The minimum atomic E-state index is -1.14. The van der Waals surface area contributed by atoms with Crippen molar-refractivity contribution in [1.82, 2.24) is 10.6 Å². The number of alkyl carbamates (subject to hydrolysis) is 2. The van der Waals surface area contributed by atoms with Gasteiger partial charge < -0.3 is 25.2 Å². The van der Waals surface area contributed by atoms with Crippen LogP contribution in [0.3, 0.4) is 0 Å². The van der Waals surface area contributed by atoms with Crippen molar-refractivity contribution in [2.75, 3.05) is 13.2 Å². The number of carbonyl (C=O) groups is 3. The predicted octanol–water partition coefficient (Wildman–Crippen LogP) is 5.08. The van der Waals surface area contributed by atoms with Crippen LogP contribution in [0.1, 0.15) is 41.9 Å². The molecule has 0 bridgehead atoms. The molecule has 1 atom stereocenters. The van der Waals surface area contributed by atoms with Crippen LogP contribution in [0.5, 0.6) is 0 Å². The number of hydrogen-bond acceptors (Lipinski definition) is 5. The van der Waals surface area contributed by atoms with Crippen molar-refractivity contribution >= 4 is 18.2 Å². The molecule has 0 saturated carbocycles. The Bertz CT molecular complexity index is 1180. The van der Waals surface area contributed by atoms with Crippen LogP contribution in [-0.4, -0.2) is 42.5 Å². The molecule has 0 aliphatic heterocycles. The van der Waals surface area contributed by atoms with Crippen LogP contribution in [0, 0.1) is 0 Å². The van der Waals surface area contributed by atoms with Crippen LogP contribution in [-0.2, 0) is 20.9 Å². The van der Waals surface area contributed by atoms with Gasteiger partial charge >= 0.3 is 18.2 Å². The van der Waals surface area contributed by atoms with Gasteiger partial charge in [-0.05, 0) is 47.1 Å². The van der Waals surface area contributed by atoms with Gasteiger partial charge in [0.25, 0.3) is 0 Å². The van der Waals surface area contributed by atoms with Crippen molar-refractivity contribution in [3.8, 4) is 11.1 Å². The largest absolute Gasteiger partial charge is 0.480 e. The summed E-state index contributed by atoms with van der Waals surface area (Å²) in [6.45, 7) is 0.629. The third kappa shape index (κ3) is 6.88. The molecule has 3 aromatic carbocycles. The van der Waals surface area contributed by atoms with Gasteiger partial charge in [-0.3, -0.25) is 0 Å². The minimum absolute atomic E-state index is 0.103. The van der Waals surface area contributed by atoms with Crippen LogP contribution >= 0.6 is 0 Å². The first kappa shape index (κ1) is 25.8. The average Bonchev–Trinajstić information content (AvgIpc) is 3.24. The molecule has 0 aromatic heterocycles. The zero-order valence-electron chi connectivity index (χ0n) is 20.4. The SMILES string of the molecule is O=C(NCCCC[C@H](NC(=O)OCC1c2ccccc2-c2ccccc21)C(=O)O)OCc1ccccc1. The van der Waals surface area contributed by atoms with E-state index in [4.69, 9.17) is 9.47 Å². The standard InChI is InChI=1S/C29H30N2O6/c32-27(33)26(16-8-9-17-30-28(34)36-18-20-10-2-1-3-11-20)31-29(35)37-19-25-23-14-6-4-12-21(23)22-13-5-7-15-24(22)25/h1-7,10-15,25-26H,8-9,16-19H2,(H,30,34)(H,31,35)(H,32,33)/t26-/m0/s1. The molecule has 0 radical (unpaired) electrons. The molecule has 8 nitrogen and oxygen atoms in total. The number of fused-ring (bicyclic) bond motifs is 3. The summed E-state index contributed by atoms with van der Waals surface area (Å²) >= 11 is 0. The van der Waals surface area contributed by atoms with E-state index in [1.54, 1.807) is 0 Å². The maximum absolute atomic E-state index is 12.4. The Balaban J connectivity index is 1.18. The van der Waals surface area contributed by atoms with E-state index in [0.29, 0.717) is 19.4 Å². The summed E-state index contributed by atoms with van der Waals surface area (Å²) in [5.41, 5.74) is 5.30. The second kappa shape index (κ2) is 12.6. The molecule has 3 N–H and O–H groups in total. The summed E-state index contributed by atoms with van der Waals surface area (Å²) in [4.78, 5) is 35.9. The fraction of sp³-hybridized carbons (Fsp3) is 0.276. The molecule has 0 spiro atoms. The quantitative estimate of drug-likeness (QED) is 0.315. The first-order valence-corrected chi connectivity index (χ1v) is 12.3. The highest BCUT2D eigenvalue weighted by molar-refractivity contribution is 5.81. The Hall–Kier alpha value is -4.33. The van der Waals surface area contributed by atoms with Gasteiger partial charge in [0.1, 0.15) is 19.3 Å². The zero-order chi connectivity index (χ0) is 26.0. The Labute approximate surface area is 215 Å². The Morgan fingerprint density at radius 1 is 0.784 bits per heavy atom. The molecular formula is C29H30N2O6. The van der Waals surface area contributed by atoms with E-state index in [-0.39, 0.29) is 25.6 Å². The van der Waals surface area contributed by atoms with Gasteiger partial charge in [0, 0.05) is 12.5 Å². The number of ether oxygens (including phenoxy) is 2. The monoisotopic (exact) mass is 502 g/mol. The first-order valence-electron chi connectivity index (χ1n) is 12.3. The second-order valence-electron chi connectivity index (χ2n) is 8.84. The topological polar surface area (TPSA) is 114 Å². The zero-order valence-corrected chi connectivity index (χ0v) is 20.4. The minimum Gasteiger partial charge on any atom is -0.480 e. The maximum Gasteiger partial charge on any atom is 0.407 e. The Kier molecular flexibility index (Phi) is 8.75. The lowest BCUT2D eigenvalue weighted by Crippen LogP contribution is -2.41. The van der Waals surface area contributed by atoms with Gasteiger partial charge in [-0.15, -0.1) is 0 Å². The Morgan fingerprint density at radius 2 is 1.41 bits per heavy atom. The van der Waals surface area contributed by atoms with E-state index in [1.807, 2.05) is 78.9 Å². The van der Waals surface area contributed by atoms with E-state index < -0.39 is 24.2 Å². The highest BCUT2D eigenvalue weighted by Gasteiger charge is 2.29. The first-order chi connectivity index (χ1) is 18.0. The highest BCUT2D eigenvalue weighted by Crippen LogP contribution is 2.44. The molecule has 8 heteroatoms. The molecule has 37 heavy (non-hydrogen) atoms. The number of carboxylic acid groups (broad SMARTS) is 1. The van der Waals surface area contributed by atoms with Gasteiger partial charge in [0.2, 0.25) is 0 Å². The summed E-state index contributed by atoms with van der Waals surface area (Å²) in [6, 6.07) is 24.3. The van der Waals surface area contributed by atoms with Crippen LogP contribution in [0.4, 0.5) is 9.59 Å². The molecule has 4 rings (SSSR count). The molecule has 0 fully saturated rings. The third-order valence-corrected chi connectivity index (χ3v) is 6.34. The number of rotatable bonds is 11. The van der Waals surface area contributed by atoms with Crippen molar-refractivity contribution in [2.45, 2.75) is 37.8 Å². The third-order valence-electron chi connectivity index (χ3n) is 6.34. The van der Waals surface area contributed by atoms with Crippen molar-refractivity contribution < 1.29 is 29.0 Å². The summed E-state index contributed by atoms with van der Waals surface area (Å²) in [7, 11) is 0. The van der Waals surface area contributed by atoms with E-state index in [1.165, 1.54) is 0 Å². The predicted molar refractivity (Wildman–Crippen MR) is 138 cm³/mol. The summed E-state index contributed by atoms with van der Waals surface area (Å²) in [6.07, 6.45) is -0.0662. The van der Waals surface area contributed by atoms with Crippen molar-refractivity contribution in [3.05, 3.63) is 95.6 Å². The van der Waals surface area contributed by atoms with Gasteiger partial charge in [0.05, 0.1) is 0 Å². The molecule has 2 amide bonds. The van der Waals surface area contributed by atoms with Gasteiger partial charge in [-0.2, -0.15) is 0 Å². The smallest absolute Gasteiger partial charge is 0.407 e. The summed E-state index contributed by atoms with van der Waals surface area (Å²) in [5.74, 6) is -1.24. The normalized spacial score (nSPS) is 12.6. The summed E-state index contributed by atoms with van der Waals surface area (Å²) < 4.78 is 10.6. The lowest BCUT2D eigenvalue weighted by atomic mass is 9.98. The number of carbonyl (C=O) groups excluding carboxylic acids is 2. The molecule has 3 aromatic rings. The van der Waals surface area contributed by atoms with Crippen molar-refractivity contribution in [2.24, 2.45) is 0 Å². The molecule has 1 aliphatic carbocycles. The van der Waals surface area contributed by atoms with E-state index in [0.717, 1.165) is 27.8 Å². The number of carboxylic acids is 1. The molecule has 192 valence electrons. The van der Waals surface area contributed by atoms with Crippen molar-refractivity contribution in [1.29, 1.82) is 0 Å². The van der Waals surface area contributed by atoms with Gasteiger partial charge in [-0.25, -0.2) is 14.4 Å². The number of amides is 2. The Morgan fingerprint density at radius 3 is 2.05 bits per heavy atom. The van der Waals surface area contributed by atoms with Crippen LogP contribution in [0.15, 0.2) is 78.9 Å². The number of hydrogen-bond donors (Lipinski definition) is 3. The molecule has 0 heterocycles. The lowest BCUT2D eigenvalue weighted by molar-refractivity contribution is -0.139. The van der Waals surface area contributed by atoms with E-state index in [9.17, 15) is 19.5 Å². The number of benzene rings is 3. The summed E-state index contributed by atoms with van der Waals surface area (Å²) in [5, 5.41) is 14.6. The number of aliphatic carboxylic acids is 1. The van der Waals surface area contributed by atoms with E-state index in [2.05, 4.69) is 10.6 Å². The van der Waals surface area contributed by atoms with Gasteiger partial charge in [-0.1, -0.05) is 78.9 Å². The molecule has 0 unspecified atom stereocenters. The lowest BCUT2D eigenvalue weighted by Gasteiger charge is -2.17. The van der Waals surface area contributed by atoms with Crippen LogP contribution in [0.25, 0.3) is 11.1 Å². The van der Waals surface area contributed by atoms with Crippen LogP contribution in [0.2, 0.25) is 0 Å². The average molecular weight is 503 g/mol. The van der Waals surface area contributed by atoms with Gasteiger partial charge in [0.15, 0.2) is 0 Å². The fourth-order valence-corrected chi connectivity index (χ4v) is 4.48. The maximum atomic E-state index is 12.4. The van der Waals surface area contributed by atoms with E-state index >= 15 is 0 Å². The number of unbranched alkanes of at least 4 members (excludes halogenated alkanes) is 1.